The van der Waals surface area contributed by atoms with Crippen LogP contribution in [-0.2, 0) is 20.2 Å². The molecule has 0 bridgehead atoms. The van der Waals surface area contributed by atoms with Crippen molar-refractivity contribution >= 4 is 49.8 Å². The van der Waals surface area contributed by atoms with Gasteiger partial charge in [-0.15, -0.1) is 0 Å². The Morgan fingerprint density at radius 2 is 1.07 bits per heavy atom. The molecule has 0 aliphatic rings. The van der Waals surface area contributed by atoms with Crippen molar-refractivity contribution in [2.45, 2.75) is 9.79 Å². The molecule has 79 valence electrons. The van der Waals surface area contributed by atoms with Gasteiger partial charge in [-0.3, -0.25) is 9.11 Å². The Bertz CT molecular complexity index is 496. The van der Waals surface area contributed by atoms with Crippen molar-refractivity contribution in [3.8, 4) is 0 Å². The van der Waals surface area contributed by atoms with E-state index in [1.165, 1.54) is 12.1 Å². The van der Waals surface area contributed by atoms with Gasteiger partial charge in [0, 0.05) is 29.6 Å². The molecule has 0 spiro atoms. The van der Waals surface area contributed by atoms with Gasteiger partial charge in [-0.2, -0.15) is 16.8 Å². The fourth-order valence-corrected chi connectivity index (χ4v) is 2.65. The largest absolute Gasteiger partial charge is 0.295 e. The van der Waals surface area contributed by atoms with Gasteiger partial charge < -0.3 is 0 Å². The first-order chi connectivity index (χ1) is 6.23. The van der Waals surface area contributed by atoms with Gasteiger partial charge in [0.05, 0.1) is 0 Å². The molecule has 1 rings (SSSR count). The molecule has 6 nitrogen and oxygen atoms in total. The van der Waals surface area contributed by atoms with Crippen LogP contribution in [0.1, 0.15) is 0 Å². The summed E-state index contributed by atoms with van der Waals surface area (Å²) in [6.45, 7) is 0. The zero-order valence-corrected chi connectivity index (χ0v) is 11.3. The van der Waals surface area contributed by atoms with Crippen LogP contribution in [0.5, 0.6) is 0 Å². The standard InChI is InChI=1S/C6H6O6S2.Na/c7-13(8,9)5-3-1-2-4-6(5)14(10,11)12;/h1-4H,(H,7,8,9)(H,10,11,12);. The van der Waals surface area contributed by atoms with E-state index in [0.717, 1.165) is 12.1 Å². The smallest absolute Gasteiger partial charge is 0.282 e. The molecule has 0 aliphatic heterocycles. The van der Waals surface area contributed by atoms with E-state index in [9.17, 15) is 16.8 Å². The summed E-state index contributed by atoms with van der Waals surface area (Å²) in [5, 5.41) is 0. The minimum Gasteiger partial charge on any atom is -0.282 e. The molecule has 0 amide bonds. The second kappa shape index (κ2) is 4.91. The van der Waals surface area contributed by atoms with Gasteiger partial charge in [0.1, 0.15) is 9.79 Å². The van der Waals surface area contributed by atoms with Gasteiger partial charge in [-0.05, 0) is 12.1 Å². The minimum absolute atomic E-state index is 0. The zero-order valence-electron chi connectivity index (χ0n) is 7.65. The number of rotatable bonds is 2. The first kappa shape index (κ1) is 15.0. The molecule has 0 fully saturated rings. The van der Waals surface area contributed by atoms with Gasteiger partial charge >= 0.3 is 0 Å². The van der Waals surface area contributed by atoms with Crippen molar-refractivity contribution in [3.05, 3.63) is 24.3 Å². The van der Waals surface area contributed by atoms with Gasteiger partial charge in [-0.25, -0.2) is 0 Å². The Balaban J connectivity index is 0.00000196. The summed E-state index contributed by atoms with van der Waals surface area (Å²) in [5.41, 5.74) is 0. The third-order valence-electron chi connectivity index (χ3n) is 1.40. The van der Waals surface area contributed by atoms with E-state index < -0.39 is 30.0 Å². The van der Waals surface area contributed by atoms with E-state index in [0.29, 0.717) is 0 Å². The first-order valence-corrected chi connectivity index (χ1v) is 6.15. The summed E-state index contributed by atoms with van der Waals surface area (Å²) in [6.07, 6.45) is 0. The third-order valence-corrected chi connectivity index (χ3v) is 3.36. The normalized spacial score (nSPS) is 11.9. The SMILES string of the molecule is O=S(=O)(O)c1ccccc1S(=O)(=O)O.[Na]. The summed E-state index contributed by atoms with van der Waals surface area (Å²) in [5.74, 6) is 0. The molecule has 0 saturated carbocycles. The number of benzene rings is 1. The monoisotopic (exact) mass is 261 g/mol. The van der Waals surface area contributed by atoms with E-state index in [1.807, 2.05) is 0 Å². The maximum Gasteiger partial charge on any atom is 0.295 e. The molecular formula is C6H6NaO6S2. The van der Waals surface area contributed by atoms with Crippen LogP contribution in [0.4, 0.5) is 0 Å². The van der Waals surface area contributed by atoms with Crippen molar-refractivity contribution in [1.29, 1.82) is 0 Å². The van der Waals surface area contributed by atoms with Gasteiger partial charge in [-0.1, -0.05) is 12.1 Å². The van der Waals surface area contributed by atoms with E-state index in [-0.39, 0.29) is 29.6 Å². The molecule has 1 radical (unpaired) electrons. The van der Waals surface area contributed by atoms with E-state index >= 15 is 0 Å². The second-order valence-corrected chi connectivity index (χ2v) is 5.18. The van der Waals surface area contributed by atoms with Gasteiger partial charge in [0.25, 0.3) is 20.2 Å². The van der Waals surface area contributed by atoms with E-state index in [2.05, 4.69) is 0 Å². The Labute approximate surface area is 109 Å². The van der Waals surface area contributed by atoms with Crippen molar-refractivity contribution in [3.63, 3.8) is 0 Å². The molecule has 2 N–H and O–H groups in total. The van der Waals surface area contributed by atoms with Gasteiger partial charge in [0.15, 0.2) is 0 Å². The first-order valence-electron chi connectivity index (χ1n) is 3.27. The Morgan fingerprint density at radius 3 is 1.27 bits per heavy atom. The van der Waals surface area contributed by atoms with Crippen LogP contribution in [0.2, 0.25) is 0 Å². The maximum absolute atomic E-state index is 10.7. The van der Waals surface area contributed by atoms with Crippen LogP contribution >= 0.6 is 0 Å². The molecule has 1 aromatic carbocycles. The summed E-state index contributed by atoms with van der Waals surface area (Å²) < 4.78 is 60.0. The quantitative estimate of drug-likeness (QED) is 0.563. The maximum atomic E-state index is 10.7. The zero-order chi connectivity index (χ0) is 11.0. The van der Waals surface area contributed by atoms with Crippen molar-refractivity contribution in [2.75, 3.05) is 0 Å². The van der Waals surface area contributed by atoms with Crippen LogP contribution in [0.3, 0.4) is 0 Å². The van der Waals surface area contributed by atoms with Crippen molar-refractivity contribution in [2.24, 2.45) is 0 Å². The summed E-state index contributed by atoms with van der Waals surface area (Å²) in [6, 6.07) is 4.19. The van der Waals surface area contributed by atoms with Gasteiger partial charge in [0.2, 0.25) is 0 Å². The molecule has 15 heavy (non-hydrogen) atoms. The van der Waals surface area contributed by atoms with Crippen LogP contribution in [-0.4, -0.2) is 55.5 Å². The molecule has 0 heterocycles. The molecule has 1 aromatic rings. The average molecular weight is 261 g/mol. The van der Waals surface area contributed by atoms with Crippen LogP contribution in [0.25, 0.3) is 0 Å². The van der Waals surface area contributed by atoms with Crippen LogP contribution in [0.15, 0.2) is 34.1 Å². The molecule has 9 heteroatoms. The molecular weight excluding hydrogens is 255 g/mol. The van der Waals surface area contributed by atoms with Crippen LogP contribution < -0.4 is 0 Å². The topological polar surface area (TPSA) is 109 Å². The average Bonchev–Trinajstić information content (AvgIpc) is 2.01. The number of hydrogen-bond donors (Lipinski definition) is 2. The molecule has 0 unspecified atom stereocenters. The summed E-state index contributed by atoms with van der Waals surface area (Å²) in [7, 11) is -9.31. The summed E-state index contributed by atoms with van der Waals surface area (Å²) in [4.78, 5) is -1.69. The third kappa shape index (κ3) is 3.83. The molecule has 0 aliphatic carbocycles. The number of hydrogen-bond acceptors (Lipinski definition) is 4. The predicted octanol–water partition coefficient (Wildman–Crippen LogP) is -0.201. The van der Waals surface area contributed by atoms with E-state index in [1.54, 1.807) is 0 Å². The summed E-state index contributed by atoms with van der Waals surface area (Å²) >= 11 is 0. The Morgan fingerprint density at radius 1 is 0.800 bits per heavy atom. The second-order valence-electron chi connectivity index (χ2n) is 2.40. The fraction of sp³-hybridized carbons (Fsp3) is 0. The van der Waals surface area contributed by atoms with Crippen molar-refractivity contribution < 1.29 is 25.9 Å². The Kier molecular flexibility index (Phi) is 4.93. The van der Waals surface area contributed by atoms with Crippen molar-refractivity contribution in [1.82, 2.24) is 0 Å². The molecule has 0 saturated heterocycles. The molecule has 0 aromatic heterocycles. The van der Waals surface area contributed by atoms with E-state index in [4.69, 9.17) is 9.11 Å². The fourth-order valence-electron chi connectivity index (χ4n) is 0.876. The van der Waals surface area contributed by atoms with Crippen LogP contribution in [0, 0.1) is 0 Å². The minimum atomic E-state index is -4.66. The predicted molar refractivity (Wildman–Crippen MR) is 51.8 cm³/mol. The Hall–Kier alpha value is 0.0400. The molecule has 0 atom stereocenters.